The summed E-state index contributed by atoms with van der Waals surface area (Å²) in [5, 5.41) is 11.8. The summed E-state index contributed by atoms with van der Waals surface area (Å²) in [6.07, 6.45) is 0.226. The van der Waals surface area contributed by atoms with Crippen LogP contribution < -0.4 is 11.1 Å². The number of rotatable bonds is 6. The molecular formula is C16H26N4O5. The minimum absolute atomic E-state index is 0.0575. The second-order valence-corrected chi connectivity index (χ2v) is 7.13. The molecule has 0 bridgehead atoms. The molecule has 0 aromatic rings. The number of likely N-dealkylation sites (tertiary alicyclic amines) is 2. The van der Waals surface area contributed by atoms with Crippen LogP contribution in [-0.4, -0.2) is 75.9 Å². The van der Waals surface area contributed by atoms with Crippen molar-refractivity contribution in [3.63, 3.8) is 0 Å². The van der Waals surface area contributed by atoms with E-state index in [0.29, 0.717) is 19.5 Å². The van der Waals surface area contributed by atoms with Gasteiger partial charge in [-0.1, -0.05) is 13.8 Å². The van der Waals surface area contributed by atoms with Gasteiger partial charge in [-0.2, -0.15) is 0 Å². The van der Waals surface area contributed by atoms with Gasteiger partial charge in [0.25, 0.3) is 5.91 Å². The number of carbonyl (C=O) groups is 4. The first-order valence-electron chi connectivity index (χ1n) is 8.47. The Morgan fingerprint density at radius 1 is 1.32 bits per heavy atom. The standard InChI is InChI=1S/C16H26N4O5/c1-9(2)14(24)20-6-4-5-16(20)8-19(15(16)25)7-11(22)18-12(10(3)21)13(17)23/h9-10,12,21H,4-8H2,1-3H3,(H2,17,23)(H,18,22). The van der Waals surface area contributed by atoms with Gasteiger partial charge >= 0.3 is 0 Å². The molecule has 2 aliphatic heterocycles. The fourth-order valence-electron chi connectivity index (χ4n) is 3.51. The molecule has 3 atom stereocenters. The third kappa shape index (κ3) is 3.46. The minimum Gasteiger partial charge on any atom is -0.391 e. The number of nitrogens with zero attached hydrogens (tertiary/aromatic N) is 2. The highest BCUT2D eigenvalue weighted by atomic mass is 16.3. The van der Waals surface area contributed by atoms with E-state index in [-0.39, 0.29) is 24.3 Å². The summed E-state index contributed by atoms with van der Waals surface area (Å²) < 4.78 is 0. The van der Waals surface area contributed by atoms with Crippen molar-refractivity contribution in [1.29, 1.82) is 0 Å². The number of carbonyl (C=O) groups excluding carboxylic acids is 4. The van der Waals surface area contributed by atoms with E-state index in [2.05, 4.69) is 5.32 Å². The Labute approximate surface area is 146 Å². The number of nitrogens with two attached hydrogens (primary N) is 1. The molecule has 0 aliphatic carbocycles. The van der Waals surface area contributed by atoms with E-state index < -0.39 is 29.5 Å². The van der Waals surface area contributed by atoms with Crippen molar-refractivity contribution in [2.24, 2.45) is 11.7 Å². The van der Waals surface area contributed by atoms with Crippen LogP contribution >= 0.6 is 0 Å². The maximum Gasteiger partial charge on any atom is 0.250 e. The topological polar surface area (TPSA) is 133 Å². The van der Waals surface area contributed by atoms with Gasteiger partial charge in [0.2, 0.25) is 17.7 Å². The van der Waals surface area contributed by atoms with E-state index in [1.165, 1.54) is 11.8 Å². The molecule has 0 saturated carbocycles. The second kappa shape index (κ2) is 6.99. The van der Waals surface area contributed by atoms with Crippen LogP contribution in [0.15, 0.2) is 0 Å². The number of amides is 4. The van der Waals surface area contributed by atoms with E-state index in [9.17, 15) is 24.3 Å². The molecule has 25 heavy (non-hydrogen) atoms. The molecule has 9 heteroatoms. The molecule has 0 radical (unpaired) electrons. The second-order valence-electron chi connectivity index (χ2n) is 7.13. The number of aliphatic hydroxyl groups excluding tert-OH is 1. The van der Waals surface area contributed by atoms with Crippen LogP contribution in [0.2, 0.25) is 0 Å². The smallest absolute Gasteiger partial charge is 0.250 e. The molecule has 4 amide bonds. The van der Waals surface area contributed by atoms with Gasteiger partial charge in [0, 0.05) is 12.5 Å². The van der Waals surface area contributed by atoms with Crippen LogP contribution in [0, 0.1) is 5.92 Å². The molecule has 2 heterocycles. The molecular weight excluding hydrogens is 328 g/mol. The van der Waals surface area contributed by atoms with E-state index in [1.54, 1.807) is 18.7 Å². The first kappa shape index (κ1) is 19.2. The lowest BCUT2D eigenvalue weighted by Gasteiger charge is -2.51. The lowest BCUT2D eigenvalue weighted by molar-refractivity contribution is -0.169. The number of nitrogens with one attached hydrogen (secondary N) is 1. The zero-order chi connectivity index (χ0) is 18.9. The van der Waals surface area contributed by atoms with Gasteiger partial charge in [-0.15, -0.1) is 0 Å². The summed E-state index contributed by atoms with van der Waals surface area (Å²) in [6.45, 7) is 5.54. The van der Waals surface area contributed by atoms with Gasteiger partial charge in [-0.25, -0.2) is 0 Å². The summed E-state index contributed by atoms with van der Waals surface area (Å²) >= 11 is 0. The van der Waals surface area contributed by atoms with E-state index in [0.717, 1.165) is 6.42 Å². The monoisotopic (exact) mass is 354 g/mol. The Morgan fingerprint density at radius 2 is 1.96 bits per heavy atom. The molecule has 0 aromatic heterocycles. The highest BCUT2D eigenvalue weighted by molar-refractivity contribution is 6.00. The third-order valence-electron chi connectivity index (χ3n) is 4.83. The fraction of sp³-hybridized carbons (Fsp3) is 0.750. The van der Waals surface area contributed by atoms with E-state index in [4.69, 9.17) is 5.73 Å². The molecule has 9 nitrogen and oxygen atoms in total. The molecule has 0 aromatic carbocycles. The van der Waals surface area contributed by atoms with Gasteiger partial charge in [0.05, 0.1) is 19.2 Å². The van der Waals surface area contributed by atoms with Crippen LogP contribution in [0.4, 0.5) is 0 Å². The van der Waals surface area contributed by atoms with Crippen LogP contribution in [-0.2, 0) is 19.2 Å². The van der Waals surface area contributed by atoms with Crippen LogP contribution in [0.25, 0.3) is 0 Å². The zero-order valence-electron chi connectivity index (χ0n) is 14.8. The van der Waals surface area contributed by atoms with Gasteiger partial charge in [0.1, 0.15) is 11.6 Å². The molecule has 2 rings (SSSR count). The number of β-lactam (4-membered cyclic amide) rings is 1. The van der Waals surface area contributed by atoms with Gasteiger partial charge in [-0.05, 0) is 19.8 Å². The Kier molecular flexibility index (Phi) is 5.36. The van der Waals surface area contributed by atoms with Crippen molar-refractivity contribution >= 4 is 23.6 Å². The zero-order valence-corrected chi connectivity index (χ0v) is 14.8. The number of aliphatic hydroxyl groups is 1. The highest BCUT2D eigenvalue weighted by Crippen LogP contribution is 2.39. The Balaban J connectivity index is 1.97. The predicted octanol–water partition coefficient (Wildman–Crippen LogP) is -1.80. The van der Waals surface area contributed by atoms with Crippen molar-refractivity contribution in [3.8, 4) is 0 Å². The molecule has 4 N–H and O–H groups in total. The quantitative estimate of drug-likeness (QED) is 0.484. The fourth-order valence-corrected chi connectivity index (χ4v) is 3.51. The van der Waals surface area contributed by atoms with Crippen LogP contribution in [0.5, 0.6) is 0 Å². The van der Waals surface area contributed by atoms with Gasteiger partial charge in [-0.3, -0.25) is 19.2 Å². The molecule has 140 valence electrons. The van der Waals surface area contributed by atoms with Crippen LogP contribution in [0.1, 0.15) is 33.6 Å². The summed E-state index contributed by atoms with van der Waals surface area (Å²) in [5.41, 5.74) is 4.30. The lowest BCUT2D eigenvalue weighted by atomic mass is 9.85. The lowest BCUT2D eigenvalue weighted by Crippen LogP contribution is -2.74. The van der Waals surface area contributed by atoms with Crippen molar-refractivity contribution in [3.05, 3.63) is 0 Å². The summed E-state index contributed by atoms with van der Waals surface area (Å²) in [4.78, 5) is 51.2. The van der Waals surface area contributed by atoms with Crippen molar-refractivity contribution in [1.82, 2.24) is 15.1 Å². The number of hydrogen-bond acceptors (Lipinski definition) is 5. The van der Waals surface area contributed by atoms with E-state index in [1.807, 2.05) is 0 Å². The number of primary amides is 1. The molecule has 1 spiro atoms. The summed E-state index contributed by atoms with van der Waals surface area (Å²) in [6, 6.07) is -1.21. The average molecular weight is 354 g/mol. The largest absolute Gasteiger partial charge is 0.391 e. The molecule has 2 aliphatic rings. The summed E-state index contributed by atoms with van der Waals surface area (Å²) in [7, 11) is 0. The third-order valence-corrected chi connectivity index (χ3v) is 4.83. The Bertz CT molecular complexity index is 591. The van der Waals surface area contributed by atoms with E-state index >= 15 is 0 Å². The van der Waals surface area contributed by atoms with Gasteiger partial charge < -0.3 is 26.0 Å². The maximum atomic E-state index is 12.6. The maximum absolute atomic E-state index is 12.6. The SMILES string of the molecule is CC(C)C(=O)N1CCCC12CN(CC(=O)NC(C(N)=O)C(C)O)C2=O. The Hall–Kier alpha value is -2.16. The van der Waals surface area contributed by atoms with Gasteiger partial charge in [0.15, 0.2) is 0 Å². The minimum atomic E-state index is -1.21. The first-order valence-corrected chi connectivity index (χ1v) is 8.47. The number of hydrogen-bond donors (Lipinski definition) is 3. The normalized spacial score (nSPS) is 25.1. The van der Waals surface area contributed by atoms with Crippen molar-refractivity contribution < 1.29 is 24.3 Å². The predicted molar refractivity (Wildman–Crippen MR) is 87.9 cm³/mol. The van der Waals surface area contributed by atoms with Crippen LogP contribution in [0.3, 0.4) is 0 Å². The van der Waals surface area contributed by atoms with Crippen molar-refractivity contribution in [2.75, 3.05) is 19.6 Å². The highest BCUT2D eigenvalue weighted by Gasteiger charge is 2.59. The average Bonchev–Trinajstić information content (AvgIpc) is 2.96. The first-order chi connectivity index (χ1) is 11.6. The molecule has 2 fully saturated rings. The summed E-state index contributed by atoms with van der Waals surface area (Å²) in [5.74, 6) is -1.92. The molecule has 3 unspecified atom stereocenters. The van der Waals surface area contributed by atoms with Crippen molar-refractivity contribution in [2.45, 2.75) is 51.3 Å². The Morgan fingerprint density at radius 3 is 2.44 bits per heavy atom. The molecule has 2 saturated heterocycles.